The van der Waals surface area contributed by atoms with Gasteiger partial charge in [0.05, 0.1) is 22.1 Å². The highest BCUT2D eigenvalue weighted by molar-refractivity contribution is 7.91. The summed E-state index contributed by atoms with van der Waals surface area (Å²) in [6, 6.07) is 9.56. The van der Waals surface area contributed by atoms with Gasteiger partial charge < -0.3 is 0 Å². The summed E-state index contributed by atoms with van der Waals surface area (Å²) in [4.78, 5) is 3.83. The van der Waals surface area contributed by atoms with Gasteiger partial charge in [-0.05, 0) is 31.0 Å². The van der Waals surface area contributed by atoms with Crippen molar-refractivity contribution in [2.75, 3.05) is 11.5 Å². The van der Waals surface area contributed by atoms with Crippen LogP contribution >= 0.6 is 0 Å². The molecule has 0 unspecified atom stereocenters. The smallest absolute Gasteiger partial charge is 0.234 e. The van der Waals surface area contributed by atoms with Gasteiger partial charge in [0, 0.05) is 11.6 Å². The van der Waals surface area contributed by atoms with Crippen LogP contribution < -0.4 is 4.72 Å². The van der Waals surface area contributed by atoms with Gasteiger partial charge in [-0.3, -0.25) is 0 Å². The second-order valence-electron chi connectivity index (χ2n) is 6.18. The maximum atomic E-state index is 13.5. The van der Waals surface area contributed by atoms with Crippen LogP contribution in [0.25, 0.3) is 11.3 Å². The van der Waals surface area contributed by atoms with Gasteiger partial charge in [0.1, 0.15) is 15.9 Å². The lowest BCUT2D eigenvalue weighted by molar-refractivity contribution is 0.505. The van der Waals surface area contributed by atoms with Crippen molar-refractivity contribution in [1.29, 1.82) is 5.26 Å². The van der Waals surface area contributed by atoms with Crippen LogP contribution in [0.2, 0.25) is 0 Å². The first-order valence-corrected chi connectivity index (χ1v) is 11.4. The summed E-state index contributed by atoms with van der Waals surface area (Å²) in [6.07, 6.45) is 0.411. The Morgan fingerprint density at radius 3 is 2.48 bits per heavy atom. The molecule has 10 heteroatoms. The van der Waals surface area contributed by atoms with Crippen LogP contribution in [0.4, 0.5) is 4.39 Å². The van der Waals surface area contributed by atoms with Crippen LogP contribution in [0, 0.1) is 17.1 Å². The number of nitrogens with one attached hydrogen (secondary N) is 1. The Balaban J connectivity index is 1.95. The average molecular weight is 409 g/mol. The minimum atomic E-state index is -3.97. The molecule has 27 heavy (non-hydrogen) atoms. The highest BCUT2D eigenvalue weighted by Gasteiger charge is 2.29. The zero-order valence-electron chi connectivity index (χ0n) is 14.1. The van der Waals surface area contributed by atoms with Gasteiger partial charge in [-0.25, -0.2) is 30.9 Å². The minimum absolute atomic E-state index is 0.0626. The molecule has 0 spiro atoms. The molecule has 7 nitrogen and oxygen atoms in total. The monoisotopic (exact) mass is 409 g/mol. The quantitative estimate of drug-likeness (QED) is 0.820. The fraction of sp³-hybridized carbons (Fsp3) is 0.294. The van der Waals surface area contributed by atoms with Crippen LogP contribution in [0.3, 0.4) is 0 Å². The molecule has 1 aliphatic rings. The second-order valence-corrected chi connectivity index (χ2v) is 10.2. The van der Waals surface area contributed by atoms with Crippen molar-refractivity contribution in [1.82, 2.24) is 9.71 Å². The number of pyridine rings is 1. The summed E-state index contributed by atoms with van der Waals surface area (Å²) in [5, 5.41) is 8.95. The van der Waals surface area contributed by atoms with Crippen molar-refractivity contribution in [3.63, 3.8) is 0 Å². The van der Waals surface area contributed by atoms with Crippen molar-refractivity contribution >= 4 is 19.9 Å². The van der Waals surface area contributed by atoms with Crippen molar-refractivity contribution in [3.8, 4) is 17.3 Å². The number of hydrogen-bond donors (Lipinski definition) is 1. The fourth-order valence-electron chi connectivity index (χ4n) is 2.87. The molecule has 0 radical (unpaired) electrons. The highest BCUT2D eigenvalue weighted by Crippen LogP contribution is 2.27. The normalized spacial score (nSPS) is 17.3. The molecule has 0 amide bonds. The molecule has 3 rings (SSSR count). The number of halogens is 1. The lowest BCUT2D eigenvalue weighted by atomic mass is 10.1. The first-order chi connectivity index (χ1) is 12.7. The third-order valence-corrected chi connectivity index (χ3v) is 7.57. The van der Waals surface area contributed by atoms with Crippen molar-refractivity contribution in [2.45, 2.75) is 23.8 Å². The van der Waals surface area contributed by atoms with Gasteiger partial charge in [0.25, 0.3) is 0 Å². The third-order valence-electron chi connectivity index (χ3n) is 4.28. The van der Waals surface area contributed by atoms with Crippen molar-refractivity contribution in [3.05, 3.63) is 47.9 Å². The molecule has 1 fully saturated rings. The Bertz CT molecular complexity index is 1110. The third kappa shape index (κ3) is 4.32. The zero-order valence-corrected chi connectivity index (χ0v) is 15.7. The summed E-state index contributed by atoms with van der Waals surface area (Å²) < 4.78 is 64.8. The van der Waals surface area contributed by atoms with E-state index in [0.29, 0.717) is 0 Å². The van der Waals surface area contributed by atoms with Crippen LogP contribution in [-0.4, -0.2) is 39.4 Å². The highest BCUT2D eigenvalue weighted by atomic mass is 32.2. The van der Waals surface area contributed by atoms with Gasteiger partial charge in [-0.2, -0.15) is 5.26 Å². The molecular formula is C17H16FN3O4S2. The summed E-state index contributed by atoms with van der Waals surface area (Å²) in [5.41, 5.74) is -0.0461. The Kier molecular flexibility index (Phi) is 5.28. The van der Waals surface area contributed by atoms with E-state index in [9.17, 15) is 21.2 Å². The molecule has 142 valence electrons. The van der Waals surface area contributed by atoms with E-state index >= 15 is 0 Å². The molecule has 1 N–H and O–H groups in total. The minimum Gasteiger partial charge on any atom is -0.234 e. The molecular weight excluding hydrogens is 393 g/mol. The lowest BCUT2D eigenvalue weighted by Gasteiger charge is -2.23. The standard InChI is InChI=1S/C17H16FN3O4S2/c18-14-5-6-15(20-16(14)11-19)13-3-1-2-4-17(13)27(24,25)21-12-7-9-26(22,23)10-8-12/h1-6,12,21H,7-10H2. The van der Waals surface area contributed by atoms with Crippen LogP contribution in [0.5, 0.6) is 0 Å². The molecule has 1 aromatic heterocycles. The summed E-state index contributed by atoms with van der Waals surface area (Å²) in [5.74, 6) is -0.914. The molecule has 2 heterocycles. The number of benzene rings is 1. The van der Waals surface area contributed by atoms with Crippen LogP contribution in [0.15, 0.2) is 41.3 Å². The van der Waals surface area contributed by atoms with Gasteiger partial charge in [-0.1, -0.05) is 18.2 Å². The van der Waals surface area contributed by atoms with E-state index in [1.807, 2.05) is 0 Å². The number of hydrogen-bond acceptors (Lipinski definition) is 6. The van der Waals surface area contributed by atoms with Crippen LogP contribution in [0.1, 0.15) is 18.5 Å². The van der Waals surface area contributed by atoms with Gasteiger partial charge in [0.15, 0.2) is 11.5 Å². The number of nitriles is 1. The average Bonchev–Trinajstić information content (AvgIpc) is 2.64. The summed E-state index contributed by atoms with van der Waals surface area (Å²) in [7, 11) is -7.08. The topological polar surface area (TPSA) is 117 Å². The molecule has 1 aliphatic heterocycles. The molecule has 0 atom stereocenters. The maximum Gasteiger partial charge on any atom is 0.241 e. The molecule has 1 saturated heterocycles. The summed E-state index contributed by atoms with van der Waals surface area (Å²) in [6.45, 7) is 0. The Morgan fingerprint density at radius 1 is 1.15 bits per heavy atom. The Hall–Kier alpha value is -2.35. The number of aromatic nitrogens is 1. The fourth-order valence-corrected chi connectivity index (χ4v) is 5.89. The van der Waals surface area contributed by atoms with Crippen LogP contribution in [-0.2, 0) is 19.9 Å². The molecule has 2 aromatic rings. The van der Waals surface area contributed by atoms with Crippen molar-refractivity contribution < 1.29 is 21.2 Å². The van der Waals surface area contributed by atoms with E-state index in [2.05, 4.69) is 9.71 Å². The summed E-state index contributed by atoms with van der Waals surface area (Å²) >= 11 is 0. The van der Waals surface area contributed by atoms with E-state index in [0.717, 1.165) is 6.07 Å². The van der Waals surface area contributed by atoms with E-state index in [4.69, 9.17) is 5.26 Å². The van der Waals surface area contributed by atoms with Gasteiger partial charge >= 0.3 is 0 Å². The zero-order chi connectivity index (χ0) is 19.7. The molecule has 1 aromatic carbocycles. The van der Waals surface area contributed by atoms with E-state index in [1.54, 1.807) is 12.1 Å². The predicted octanol–water partition coefficient (Wildman–Crippen LogP) is 1.61. The largest absolute Gasteiger partial charge is 0.241 e. The van der Waals surface area contributed by atoms with Gasteiger partial charge in [-0.15, -0.1) is 0 Å². The number of nitrogens with zero attached hydrogens (tertiary/aromatic N) is 2. The van der Waals surface area contributed by atoms with Gasteiger partial charge in [0.2, 0.25) is 10.0 Å². The number of rotatable bonds is 4. The number of sulfonamides is 1. The maximum absolute atomic E-state index is 13.5. The predicted molar refractivity (Wildman–Crippen MR) is 96.3 cm³/mol. The van der Waals surface area contributed by atoms with E-state index < -0.39 is 37.4 Å². The van der Waals surface area contributed by atoms with Crippen molar-refractivity contribution in [2.24, 2.45) is 0 Å². The lowest BCUT2D eigenvalue weighted by Crippen LogP contribution is -2.40. The molecule has 0 saturated carbocycles. The first kappa shape index (κ1) is 19.4. The second kappa shape index (κ2) is 7.34. The molecule has 0 bridgehead atoms. The Labute approximate surface area is 156 Å². The molecule has 0 aliphatic carbocycles. The SMILES string of the molecule is N#Cc1nc(-c2ccccc2S(=O)(=O)NC2CCS(=O)(=O)CC2)ccc1F. The van der Waals surface area contributed by atoms with E-state index in [-0.39, 0.29) is 40.5 Å². The number of sulfone groups is 1. The first-order valence-electron chi connectivity index (χ1n) is 8.11. The van der Waals surface area contributed by atoms with E-state index in [1.165, 1.54) is 24.3 Å². The Morgan fingerprint density at radius 2 is 1.81 bits per heavy atom.